The number of hydrogen-bond donors (Lipinski definition) is 1. The summed E-state index contributed by atoms with van der Waals surface area (Å²) in [6, 6.07) is 0. The normalized spacial score (nSPS) is 28.3. The largest absolute Gasteiger partial charge is 0.372 e. The third-order valence-corrected chi connectivity index (χ3v) is 4.22. The number of nitrogens with one attached hydrogen (secondary N) is 1. The van der Waals surface area contributed by atoms with Crippen molar-refractivity contribution in [2.24, 2.45) is 11.3 Å². The Hall–Kier alpha value is -0.0800. The maximum Gasteiger partial charge on any atom is 0.0631 e. The molecule has 0 aromatic rings. The van der Waals surface area contributed by atoms with Gasteiger partial charge in [0, 0.05) is 6.54 Å². The van der Waals surface area contributed by atoms with Crippen molar-refractivity contribution in [2.45, 2.75) is 65.6 Å². The summed E-state index contributed by atoms with van der Waals surface area (Å²) >= 11 is 0. The number of ether oxygens (including phenoxy) is 1. The zero-order valence-corrected chi connectivity index (χ0v) is 11.9. The van der Waals surface area contributed by atoms with E-state index < -0.39 is 0 Å². The van der Waals surface area contributed by atoms with E-state index >= 15 is 0 Å². The molecule has 1 rings (SSSR count). The summed E-state index contributed by atoms with van der Waals surface area (Å²) in [5.41, 5.74) is 0.446. The zero-order valence-electron chi connectivity index (χ0n) is 11.9. The average molecular weight is 227 g/mol. The molecule has 1 heterocycles. The van der Waals surface area contributed by atoms with E-state index in [1.165, 1.54) is 19.3 Å². The van der Waals surface area contributed by atoms with E-state index in [1.807, 2.05) is 7.05 Å². The molecule has 2 heteroatoms. The van der Waals surface area contributed by atoms with Crippen LogP contribution < -0.4 is 5.32 Å². The van der Waals surface area contributed by atoms with Gasteiger partial charge in [0.2, 0.25) is 0 Å². The molecule has 0 bridgehead atoms. The van der Waals surface area contributed by atoms with Crippen molar-refractivity contribution < 1.29 is 4.74 Å². The van der Waals surface area contributed by atoms with Gasteiger partial charge in [-0.1, -0.05) is 20.8 Å². The molecule has 0 spiro atoms. The van der Waals surface area contributed by atoms with Crippen LogP contribution in [0.5, 0.6) is 0 Å². The van der Waals surface area contributed by atoms with Crippen LogP contribution in [0.3, 0.4) is 0 Å². The zero-order chi connectivity index (χ0) is 12.4. The van der Waals surface area contributed by atoms with Crippen LogP contribution in [0.1, 0.15) is 53.9 Å². The highest BCUT2D eigenvalue weighted by Gasteiger charge is 2.37. The first-order valence-corrected chi connectivity index (χ1v) is 6.61. The van der Waals surface area contributed by atoms with Gasteiger partial charge in [0.15, 0.2) is 0 Å². The van der Waals surface area contributed by atoms with Gasteiger partial charge in [0.1, 0.15) is 0 Å². The van der Waals surface area contributed by atoms with Gasteiger partial charge < -0.3 is 10.1 Å². The fourth-order valence-electron chi connectivity index (χ4n) is 2.66. The van der Waals surface area contributed by atoms with Gasteiger partial charge in [0.25, 0.3) is 0 Å². The molecule has 2 unspecified atom stereocenters. The Morgan fingerprint density at radius 2 is 2.06 bits per heavy atom. The van der Waals surface area contributed by atoms with Crippen LogP contribution in [0.25, 0.3) is 0 Å². The van der Waals surface area contributed by atoms with Crippen LogP contribution in [0.4, 0.5) is 0 Å². The smallest absolute Gasteiger partial charge is 0.0631 e. The fourth-order valence-corrected chi connectivity index (χ4v) is 2.66. The molecule has 1 saturated heterocycles. The lowest BCUT2D eigenvalue weighted by Crippen LogP contribution is -2.38. The lowest BCUT2D eigenvalue weighted by Gasteiger charge is -2.36. The molecule has 0 saturated carbocycles. The van der Waals surface area contributed by atoms with Crippen molar-refractivity contribution in [3.05, 3.63) is 0 Å². The number of hydrogen-bond acceptors (Lipinski definition) is 2. The molecule has 1 aliphatic rings. The van der Waals surface area contributed by atoms with Gasteiger partial charge in [-0.3, -0.25) is 0 Å². The molecule has 1 aliphatic heterocycles. The van der Waals surface area contributed by atoms with E-state index in [2.05, 4.69) is 39.9 Å². The van der Waals surface area contributed by atoms with Crippen molar-refractivity contribution in [1.82, 2.24) is 5.32 Å². The first kappa shape index (κ1) is 14.0. The molecule has 0 aliphatic carbocycles. The van der Waals surface area contributed by atoms with E-state index in [9.17, 15) is 0 Å². The van der Waals surface area contributed by atoms with Gasteiger partial charge in [-0.05, 0) is 51.5 Å². The Morgan fingerprint density at radius 1 is 1.44 bits per heavy atom. The standard InChI is InChI=1S/C14H29NO/c1-11(2)14(5,10-15-6)9-12-7-8-13(3,4)16-12/h11-12,15H,7-10H2,1-6H3. The predicted molar refractivity (Wildman–Crippen MR) is 69.7 cm³/mol. The summed E-state index contributed by atoms with van der Waals surface area (Å²) in [6.07, 6.45) is 4.05. The van der Waals surface area contributed by atoms with Gasteiger partial charge >= 0.3 is 0 Å². The lowest BCUT2D eigenvalue weighted by molar-refractivity contribution is -0.0393. The van der Waals surface area contributed by atoms with Crippen molar-refractivity contribution in [3.63, 3.8) is 0 Å². The molecule has 0 aromatic carbocycles. The minimum absolute atomic E-state index is 0.0994. The first-order valence-electron chi connectivity index (χ1n) is 6.61. The average Bonchev–Trinajstić information content (AvgIpc) is 2.45. The first-order chi connectivity index (χ1) is 7.29. The van der Waals surface area contributed by atoms with E-state index in [-0.39, 0.29) is 5.60 Å². The van der Waals surface area contributed by atoms with Crippen LogP contribution >= 0.6 is 0 Å². The second kappa shape index (κ2) is 5.05. The maximum absolute atomic E-state index is 6.11. The molecule has 1 N–H and O–H groups in total. The number of rotatable bonds is 5. The van der Waals surface area contributed by atoms with E-state index in [4.69, 9.17) is 4.74 Å². The Balaban J connectivity index is 2.56. The van der Waals surface area contributed by atoms with Crippen molar-refractivity contribution in [1.29, 1.82) is 0 Å². The predicted octanol–water partition coefficient (Wildman–Crippen LogP) is 3.22. The Kier molecular flexibility index (Phi) is 4.42. The van der Waals surface area contributed by atoms with Gasteiger partial charge in [0.05, 0.1) is 11.7 Å². The maximum atomic E-state index is 6.11. The van der Waals surface area contributed by atoms with Gasteiger partial charge in [-0.15, -0.1) is 0 Å². The third kappa shape index (κ3) is 3.46. The SMILES string of the molecule is CNCC(C)(CC1CCC(C)(C)O1)C(C)C. The van der Waals surface area contributed by atoms with Crippen molar-refractivity contribution in [3.8, 4) is 0 Å². The molecule has 16 heavy (non-hydrogen) atoms. The summed E-state index contributed by atoms with van der Waals surface area (Å²) in [7, 11) is 2.04. The minimum Gasteiger partial charge on any atom is -0.372 e. The quantitative estimate of drug-likeness (QED) is 0.778. The second-order valence-electron chi connectivity index (χ2n) is 6.58. The fraction of sp³-hybridized carbons (Fsp3) is 1.00. The lowest BCUT2D eigenvalue weighted by atomic mass is 9.74. The minimum atomic E-state index is 0.0994. The van der Waals surface area contributed by atoms with Crippen molar-refractivity contribution in [2.75, 3.05) is 13.6 Å². The van der Waals surface area contributed by atoms with Crippen molar-refractivity contribution >= 4 is 0 Å². The Morgan fingerprint density at radius 3 is 2.44 bits per heavy atom. The van der Waals surface area contributed by atoms with Crippen LogP contribution in [-0.2, 0) is 4.74 Å². The molecule has 0 radical (unpaired) electrons. The van der Waals surface area contributed by atoms with Crippen LogP contribution in [0.15, 0.2) is 0 Å². The van der Waals surface area contributed by atoms with E-state index in [0.717, 1.165) is 6.54 Å². The highest BCUT2D eigenvalue weighted by atomic mass is 16.5. The monoisotopic (exact) mass is 227 g/mol. The Bertz CT molecular complexity index is 225. The van der Waals surface area contributed by atoms with Gasteiger partial charge in [-0.2, -0.15) is 0 Å². The van der Waals surface area contributed by atoms with E-state index in [1.54, 1.807) is 0 Å². The Labute approximate surface area is 101 Å². The van der Waals surface area contributed by atoms with Crippen LogP contribution in [-0.4, -0.2) is 25.3 Å². The summed E-state index contributed by atoms with van der Waals surface area (Å²) in [6.45, 7) is 12.5. The molecular formula is C14H29NO. The molecule has 0 amide bonds. The summed E-state index contributed by atoms with van der Waals surface area (Å²) in [5.74, 6) is 0.687. The molecule has 0 aromatic heterocycles. The molecule has 1 fully saturated rings. The van der Waals surface area contributed by atoms with Crippen LogP contribution in [0.2, 0.25) is 0 Å². The summed E-state index contributed by atoms with van der Waals surface area (Å²) < 4.78 is 6.11. The third-order valence-electron chi connectivity index (χ3n) is 4.22. The van der Waals surface area contributed by atoms with Gasteiger partial charge in [-0.25, -0.2) is 0 Å². The summed E-state index contributed by atoms with van der Waals surface area (Å²) in [5, 5.41) is 3.33. The highest BCUT2D eigenvalue weighted by Crippen LogP contribution is 2.39. The molecule has 2 nitrogen and oxygen atoms in total. The van der Waals surface area contributed by atoms with Crippen LogP contribution in [0, 0.1) is 11.3 Å². The molecule has 96 valence electrons. The highest BCUT2D eigenvalue weighted by molar-refractivity contribution is 4.88. The summed E-state index contributed by atoms with van der Waals surface area (Å²) in [4.78, 5) is 0. The molecular weight excluding hydrogens is 198 g/mol. The van der Waals surface area contributed by atoms with E-state index in [0.29, 0.717) is 17.4 Å². The topological polar surface area (TPSA) is 21.3 Å². The molecule has 2 atom stereocenters. The second-order valence-corrected chi connectivity index (χ2v) is 6.58.